The topological polar surface area (TPSA) is 81.4 Å². The fourth-order valence-electron chi connectivity index (χ4n) is 2.61. The van der Waals surface area contributed by atoms with E-state index in [1.165, 1.54) is 11.3 Å². The highest BCUT2D eigenvalue weighted by Gasteiger charge is 2.09. The molecule has 1 N–H and O–H groups in total. The van der Waals surface area contributed by atoms with Crippen LogP contribution in [0.1, 0.15) is 30.1 Å². The number of benzene rings is 2. The third-order valence-corrected chi connectivity index (χ3v) is 5.12. The molecule has 2 aromatic carbocycles. The minimum absolute atomic E-state index is 0.161. The van der Waals surface area contributed by atoms with Gasteiger partial charge in [0.25, 0.3) is 5.91 Å². The fourth-order valence-corrected chi connectivity index (χ4v) is 3.44. The van der Waals surface area contributed by atoms with Gasteiger partial charge in [0.15, 0.2) is 0 Å². The Morgan fingerprint density at radius 1 is 1.14 bits per heavy atom. The molecule has 2 heterocycles. The van der Waals surface area contributed by atoms with Gasteiger partial charge in [-0.15, -0.1) is 10.2 Å². The van der Waals surface area contributed by atoms with E-state index in [1.54, 1.807) is 23.0 Å². The molecule has 0 aliphatic rings. The zero-order chi connectivity index (χ0) is 19.3. The molecule has 142 valence electrons. The Bertz CT molecular complexity index is 1040. The van der Waals surface area contributed by atoms with Gasteiger partial charge in [-0.2, -0.15) is 9.61 Å². The lowest BCUT2D eigenvalue weighted by atomic mass is 10.2. The summed E-state index contributed by atoms with van der Waals surface area (Å²) in [6, 6.07) is 14.7. The summed E-state index contributed by atoms with van der Waals surface area (Å²) >= 11 is 1.46. The number of carbonyl (C=O) groups is 1. The normalized spacial score (nSPS) is 10.9. The van der Waals surface area contributed by atoms with Gasteiger partial charge >= 0.3 is 0 Å². The first-order valence-corrected chi connectivity index (χ1v) is 9.86. The Morgan fingerprint density at radius 2 is 1.93 bits per heavy atom. The smallest absolute Gasteiger partial charge is 0.255 e. The molecule has 4 aromatic rings. The molecule has 0 aliphatic carbocycles. The number of anilines is 1. The van der Waals surface area contributed by atoms with E-state index in [0.717, 1.165) is 39.8 Å². The second kappa shape index (κ2) is 8.18. The Kier molecular flexibility index (Phi) is 5.29. The number of amides is 1. The van der Waals surface area contributed by atoms with Crippen LogP contribution in [0.3, 0.4) is 0 Å². The van der Waals surface area contributed by atoms with Crippen LogP contribution < -0.4 is 10.1 Å². The maximum absolute atomic E-state index is 12.4. The van der Waals surface area contributed by atoms with Crippen LogP contribution in [-0.4, -0.2) is 32.3 Å². The first-order valence-electron chi connectivity index (χ1n) is 9.04. The van der Waals surface area contributed by atoms with Gasteiger partial charge in [0.1, 0.15) is 17.1 Å². The van der Waals surface area contributed by atoms with Crippen LogP contribution >= 0.6 is 11.3 Å². The summed E-state index contributed by atoms with van der Waals surface area (Å²) < 4.78 is 7.27. The highest BCUT2D eigenvalue weighted by Crippen LogP contribution is 2.26. The van der Waals surface area contributed by atoms with Gasteiger partial charge in [0.2, 0.25) is 4.96 Å². The van der Waals surface area contributed by atoms with E-state index in [-0.39, 0.29) is 5.91 Å². The predicted molar refractivity (Wildman–Crippen MR) is 109 cm³/mol. The van der Waals surface area contributed by atoms with Crippen LogP contribution in [0.25, 0.3) is 15.5 Å². The van der Waals surface area contributed by atoms with Crippen molar-refractivity contribution in [2.24, 2.45) is 0 Å². The zero-order valence-corrected chi connectivity index (χ0v) is 16.1. The van der Waals surface area contributed by atoms with E-state index in [1.807, 2.05) is 36.4 Å². The summed E-state index contributed by atoms with van der Waals surface area (Å²) in [5.74, 6) is 0.617. The largest absolute Gasteiger partial charge is 0.494 e. The van der Waals surface area contributed by atoms with Gasteiger partial charge < -0.3 is 10.1 Å². The Morgan fingerprint density at radius 3 is 2.64 bits per heavy atom. The molecule has 0 spiro atoms. The number of hydrogen-bond acceptors (Lipinski definition) is 6. The van der Waals surface area contributed by atoms with Crippen molar-refractivity contribution in [2.45, 2.75) is 19.8 Å². The minimum Gasteiger partial charge on any atom is -0.494 e. The molecule has 8 heteroatoms. The molecule has 0 atom stereocenters. The van der Waals surface area contributed by atoms with Crippen LogP contribution in [0, 0.1) is 0 Å². The summed E-state index contributed by atoms with van der Waals surface area (Å²) in [7, 11) is 0. The minimum atomic E-state index is -0.161. The third-order valence-electron chi connectivity index (χ3n) is 4.16. The molecular formula is C20H19N5O2S. The molecule has 2 aromatic heterocycles. The third kappa shape index (κ3) is 4.01. The highest BCUT2D eigenvalue weighted by molar-refractivity contribution is 7.19. The fraction of sp³-hybridized carbons (Fsp3) is 0.200. The van der Waals surface area contributed by atoms with Gasteiger partial charge in [-0.3, -0.25) is 4.79 Å². The van der Waals surface area contributed by atoms with Crippen molar-refractivity contribution in [1.29, 1.82) is 0 Å². The number of unbranched alkanes of at least 4 members (excludes halogenated alkanes) is 1. The second-order valence-electron chi connectivity index (χ2n) is 6.22. The number of rotatable bonds is 7. The van der Waals surface area contributed by atoms with Crippen molar-refractivity contribution >= 4 is 27.9 Å². The van der Waals surface area contributed by atoms with Crippen LogP contribution in [0.2, 0.25) is 0 Å². The van der Waals surface area contributed by atoms with Gasteiger partial charge in [-0.05, 0) is 55.0 Å². The van der Waals surface area contributed by atoms with E-state index < -0.39 is 0 Å². The van der Waals surface area contributed by atoms with Crippen molar-refractivity contribution in [2.75, 3.05) is 11.9 Å². The van der Waals surface area contributed by atoms with Crippen molar-refractivity contribution in [3.8, 4) is 16.3 Å². The van der Waals surface area contributed by atoms with E-state index in [9.17, 15) is 4.79 Å². The Labute approximate surface area is 166 Å². The summed E-state index contributed by atoms with van der Waals surface area (Å²) in [6.07, 6.45) is 3.68. The monoisotopic (exact) mass is 393 g/mol. The number of nitrogens with zero attached hydrogens (tertiary/aromatic N) is 4. The van der Waals surface area contributed by atoms with E-state index in [0.29, 0.717) is 12.2 Å². The van der Waals surface area contributed by atoms with E-state index >= 15 is 0 Å². The first-order chi connectivity index (χ1) is 13.7. The van der Waals surface area contributed by atoms with Crippen molar-refractivity contribution in [1.82, 2.24) is 19.8 Å². The lowest BCUT2D eigenvalue weighted by molar-refractivity contribution is 0.102. The van der Waals surface area contributed by atoms with Crippen LogP contribution in [0.15, 0.2) is 54.9 Å². The van der Waals surface area contributed by atoms with E-state index in [4.69, 9.17) is 4.74 Å². The molecule has 0 saturated heterocycles. The average Bonchev–Trinajstić information content (AvgIpc) is 3.31. The number of aromatic nitrogens is 4. The van der Waals surface area contributed by atoms with Gasteiger partial charge in [0.05, 0.1) is 6.61 Å². The van der Waals surface area contributed by atoms with E-state index in [2.05, 4.69) is 27.5 Å². The van der Waals surface area contributed by atoms with Crippen LogP contribution in [0.5, 0.6) is 5.75 Å². The second-order valence-corrected chi connectivity index (χ2v) is 7.18. The molecule has 0 fully saturated rings. The average molecular weight is 393 g/mol. The molecule has 0 bridgehead atoms. The van der Waals surface area contributed by atoms with Gasteiger partial charge in [-0.25, -0.2) is 0 Å². The van der Waals surface area contributed by atoms with Crippen molar-refractivity contribution < 1.29 is 9.53 Å². The number of nitrogens with one attached hydrogen (secondary N) is 1. The number of carbonyl (C=O) groups excluding carboxylic acids is 1. The first kappa shape index (κ1) is 18.1. The molecule has 0 aliphatic heterocycles. The Hall–Kier alpha value is -3.26. The Balaban J connectivity index is 1.39. The maximum Gasteiger partial charge on any atom is 0.255 e. The van der Waals surface area contributed by atoms with Crippen LogP contribution in [-0.2, 0) is 0 Å². The maximum atomic E-state index is 12.4. The van der Waals surface area contributed by atoms with Gasteiger partial charge in [-0.1, -0.05) is 24.7 Å². The SMILES string of the molecule is CCCCOc1ccc(C(=O)Nc2ccc(-c3nn4cnnc4s3)cc2)cc1. The zero-order valence-electron chi connectivity index (χ0n) is 15.3. The van der Waals surface area contributed by atoms with Crippen molar-refractivity contribution in [3.05, 3.63) is 60.4 Å². The molecule has 0 radical (unpaired) electrons. The summed E-state index contributed by atoms with van der Waals surface area (Å²) in [5, 5.41) is 16.0. The molecule has 4 rings (SSSR count). The molecule has 7 nitrogen and oxygen atoms in total. The summed E-state index contributed by atoms with van der Waals surface area (Å²) in [5.41, 5.74) is 2.27. The predicted octanol–water partition coefficient (Wildman–Crippen LogP) is 4.28. The molecule has 28 heavy (non-hydrogen) atoms. The lowest BCUT2D eigenvalue weighted by Gasteiger charge is -2.08. The highest BCUT2D eigenvalue weighted by atomic mass is 32.1. The molecule has 0 unspecified atom stereocenters. The summed E-state index contributed by atoms with van der Waals surface area (Å²) in [6.45, 7) is 2.81. The van der Waals surface area contributed by atoms with Gasteiger partial charge in [0, 0.05) is 16.8 Å². The molecular weight excluding hydrogens is 374 g/mol. The van der Waals surface area contributed by atoms with Crippen molar-refractivity contribution in [3.63, 3.8) is 0 Å². The quantitative estimate of drug-likeness (QED) is 0.474. The molecule has 1 amide bonds. The number of hydrogen-bond donors (Lipinski definition) is 1. The number of ether oxygens (including phenoxy) is 1. The lowest BCUT2D eigenvalue weighted by Crippen LogP contribution is -2.11. The number of fused-ring (bicyclic) bond motifs is 1. The van der Waals surface area contributed by atoms with Crippen LogP contribution in [0.4, 0.5) is 5.69 Å². The molecule has 0 saturated carbocycles. The summed E-state index contributed by atoms with van der Waals surface area (Å²) in [4.78, 5) is 13.2. The standard InChI is InChI=1S/C20H19N5O2S/c1-2-3-12-27-17-10-6-14(7-11-17)18(26)22-16-8-4-15(5-9-16)19-24-25-13-21-23-20(25)28-19/h4-11,13H,2-3,12H2,1H3,(H,22,26).